The van der Waals surface area contributed by atoms with Crippen molar-refractivity contribution in [2.75, 3.05) is 32.1 Å². The molecule has 0 saturated heterocycles. The van der Waals surface area contributed by atoms with Gasteiger partial charge in [-0.2, -0.15) is 0 Å². The van der Waals surface area contributed by atoms with Crippen molar-refractivity contribution in [1.29, 1.82) is 0 Å². The highest BCUT2D eigenvalue weighted by Gasteiger charge is 2.18. The van der Waals surface area contributed by atoms with Crippen LogP contribution in [0.3, 0.4) is 0 Å². The van der Waals surface area contributed by atoms with Crippen LogP contribution in [-0.2, 0) is 4.79 Å². The molecule has 0 radical (unpaired) electrons. The summed E-state index contributed by atoms with van der Waals surface area (Å²) in [4.78, 5) is 14.3. The van der Waals surface area contributed by atoms with Crippen molar-refractivity contribution in [1.82, 2.24) is 4.90 Å². The maximum absolute atomic E-state index is 13.1. The molecule has 5 nitrogen and oxygen atoms in total. The second-order valence-electron chi connectivity index (χ2n) is 6.52. The Hall–Kier alpha value is -2.31. The first-order chi connectivity index (χ1) is 12.9. The van der Waals surface area contributed by atoms with Crippen LogP contribution in [0.2, 0.25) is 5.02 Å². The van der Waals surface area contributed by atoms with Gasteiger partial charge in [0.05, 0.1) is 30.5 Å². The summed E-state index contributed by atoms with van der Waals surface area (Å²) >= 11 is 6.27. The van der Waals surface area contributed by atoms with Crippen LogP contribution in [0.1, 0.15) is 24.9 Å². The molecule has 1 unspecified atom stereocenters. The Kier molecular flexibility index (Phi) is 6.19. The summed E-state index contributed by atoms with van der Waals surface area (Å²) in [7, 11) is 1.84. The Morgan fingerprint density at radius 1 is 1.22 bits per heavy atom. The van der Waals surface area contributed by atoms with E-state index in [1.165, 1.54) is 12.1 Å². The summed E-state index contributed by atoms with van der Waals surface area (Å²) in [5, 5.41) is 3.21. The second kappa shape index (κ2) is 8.59. The smallest absolute Gasteiger partial charge is 0.238 e. The number of ether oxygens (including phenoxy) is 2. The molecule has 27 heavy (non-hydrogen) atoms. The van der Waals surface area contributed by atoms with Crippen molar-refractivity contribution in [3.05, 3.63) is 52.8 Å². The summed E-state index contributed by atoms with van der Waals surface area (Å²) in [6.45, 7) is 3.24. The quantitative estimate of drug-likeness (QED) is 0.825. The van der Waals surface area contributed by atoms with Gasteiger partial charge in [-0.25, -0.2) is 4.39 Å². The predicted octanol–water partition coefficient (Wildman–Crippen LogP) is 4.27. The van der Waals surface area contributed by atoms with E-state index in [0.717, 1.165) is 12.0 Å². The van der Waals surface area contributed by atoms with Crippen LogP contribution in [0.15, 0.2) is 36.4 Å². The third-order valence-corrected chi connectivity index (χ3v) is 4.83. The molecular weight excluding hydrogens is 371 g/mol. The van der Waals surface area contributed by atoms with Gasteiger partial charge in [-0.05, 0) is 31.7 Å². The third kappa shape index (κ3) is 4.90. The molecule has 1 N–H and O–H groups in total. The first kappa shape index (κ1) is 19.5. The first-order valence-electron chi connectivity index (χ1n) is 8.78. The fourth-order valence-corrected chi connectivity index (χ4v) is 3.03. The lowest BCUT2D eigenvalue weighted by Gasteiger charge is -2.24. The molecule has 144 valence electrons. The molecule has 0 aliphatic carbocycles. The van der Waals surface area contributed by atoms with E-state index in [2.05, 4.69) is 5.32 Å². The largest absolute Gasteiger partial charge is 0.490 e. The van der Waals surface area contributed by atoms with Crippen LogP contribution >= 0.6 is 11.6 Å². The highest BCUT2D eigenvalue weighted by Crippen LogP contribution is 2.37. The molecule has 3 rings (SSSR count). The standard InChI is InChI=1S/C20H22ClFN2O3/c1-13(14-4-6-15(22)7-5-14)24(2)12-20(25)23-17-11-19-18(10-16(17)21)26-8-3-9-27-19/h4-7,10-11,13H,3,8-9,12H2,1-2H3,(H,23,25). The van der Waals surface area contributed by atoms with Gasteiger partial charge in [0.2, 0.25) is 5.91 Å². The SMILES string of the molecule is CC(c1ccc(F)cc1)N(C)CC(=O)Nc1cc2c(cc1Cl)OCCCO2. The molecule has 1 heterocycles. The molecule has 1 atom stereocenters. The summed E-state index contributed by atoms with van der Waals surface area (Å²) < 4.78 is 24.3. The van der Waals surface area contributed by atoms with Crippen molar-refractivity contribution in [2.45, 2.75) is 19.4 Å². The lowest BCUT2D eigenvalue weighted by molar-refractivity contribution is -0.117. The number of rotatable bonds is 5. The molecule has 0 aromatic heterocycles. The predicted molar refractivity (Wildman–Crippen MR) is 103 cm³/mol. The first-order valence-corrected chi connectivity index (χ1v) is 9.16. The van der Waals surface area contributed by atoms with E-state index >= 15 is 0 Å². The third-order valence-electron chi connectivity index (χ3n) is 4.52. The Balaban J connectivity index is 1.65. The lowest BCUT2D eigenvalue weighted by atomic mass is 10.1. The van der Waals surface area contributed by atoms with Crippen LogP contribution < -0.4 is 14.8 Å². The molecule has 0 saturated carbocycles. The van der Waals surface area contributed by atoms with Gasteiger partial charge >= 0.3 is 0 Å². The van der Waals surface area contributed by atoms with Gasteiger partial charge in [0.15, 0.2) is 11.5 Å². The van der Waals surface area contributed by atoms with Crippen LogP contribution in [0.4, 0.5) is 10.1 Å². The van der Waals surface area contributed by atoms with Crippen molar-refractivity contribution < 1.29 is 18.7 Å². The van der Waals surface area contributed by atoms with Crippen molar-refractivity contribution >= 4 is 23.2 Å². The number of hydrogen-bond donors (Lipinski definition) is 1. The topological polar surface area (TPSA) is 50.8 Å². The normalized spacial score (nSPS) is 14.6. The molecule has 0 spiro atoms. The molecule has 2 aromatic rings. The van der Waals surface area contributed by atoms with E-state index < -0.39 is 0 Å². The molecule has 1 aliphatic rings. The minimum absolute atomic E-state index is 0.0457. The number of nitrogens with one attached hydrogen (secondary N) is 1. The van der Waals surface area contributed by atoms with Crippen molar-refractivity contribution in [3.8, 4) is 11.5 Å². The molecule has 0 fully saturated rings. The summed E-state index contributed by atoms with van der Waals surface area (Å²) in [6.07, 6.45) is 0.792. The van der Waals surface area contributed by atoms with E-state index in [1.807, 2.05) is 18.9 Å². The average Bonchev–Trinajstić information content (AvgIpc) is 2.87. The number of benzene rings is 2. The Morgan fingerprint density at radius 3 is 2.52 bits per heavy atom. The number of carbonyl (C=O) groups is 1. The van der Waals surface area contributed by atoms with Crippen molar-refractivity contribution in [3.63, 3.8) is 0 Å². The average molecular weight is 393 g/mol. The highest BCUT2D eigenvalue weighted by atomic mass is 35.5. The van der Waals surface area contributed by atoms with E-state index in [4.69, 9.17) is 21.1 Å². The van der Waals surface area contributed by atoms with E-state index in [-0.39, 0.29) is 24.3 Å². The van der Waals surface area contributed by atoms with Gasteiger partial charge in [0.1, 0.15) is 5.82 Å². The van der Waals surface area contributed by atoms with Crippen LogP contribution in [0.5, 0.6) is 11.5 Å². The van der Waals surface area contributed by atoms with Gasteiger partial charge in [0, 0.05) is 24.6 Å². The monoisotopic (exact) mass is 392 g/mol. The zero-order valence-electron chi connectivity index (χ0n) is 15.3. The number of amides is 1. The molecule has 1 aliphatic heterocycles. The van der Waals surface area contributed by atoms with Gasteiger partial charge in [-0.1, -0.05) is 23.7 Å². The number of fused-ring (bicyclic) bond motifs is 1. The minimum Gasteiger partial charge on any atom is -0.490 e. The molecule has 7 heteroatoms. The maximum atomic E-state index is 13.1. The van der Waals surface area contributed by atoms with Crippen LogP contribution in [0, 0.1) is 5.82 Å². The Labute approximate surface area is 163 Å². The number of carbonyl (C=O) groups excluding carboxylic acids is 1. The van der Waals surface area contributed by atoms with E-state index in [9.17, 15) is 9.18 Å². The fourth-order valence-electron chi connectivity index (χ4n) is 2.83. The summed E-state index contributed by atoms with van der Waals surface area (Å²) in [5.74, 6) is 0.663. The fraction of sp³-hybridized carbons (Fsp3) is 0.350. The molecule has 1 amide bonds. The lowest BCUT2D eigenvalue weighted by Crippen LogP contribution is -2.32. The number of hydrogen-bond acceptors (Lipinski definition) is 4. The van der Waals surface area contributed by atoms with Gasteiger partial charge in [0.25, 0.3) is 0 Å². The number of nitrogens with zero attached hydrogens (tertiary/aromatic N) is 1. The van der Waals surface area contributed by atoms with Gasteiger partial charge < -0.3 is 14.8 Å². The number of halogens is 2. The zero-order valence-corrected chi connectivity index (χ0v) is 16.1. The maximum Gasteiger partial charge on any atom is 0.238 e. The van der Waals surface area contributed by atoms with E-state index in [1.54, 1.807) is 24.3 Å². The van der Waals surface area contributed by atoms with Crippen molar-refractivity contribution in [2.24, 2.45) is 0 Å². The van der Waals surface area contributed by atoms with Crippen LogP contribution in [-0.4, -0.2) is 37.6 Å². The molecule has 2 aromatic carbocycles. The zero-order chi connectivity index (χ0) is 19.4. The summed E-state index contributed by atoms with van der Waals surface area (Å²) in [6, 6.07) is 9.56. The molecular formula is C20H22ClFN2O3. The molecule has 0 bridgehead atoms. The van der Waals surface area contributed by atoms with Crippen LogP contribution in [0.25, 0.3) is 0 Å². The number of likely N-dealkylation sites (N-methyl/N-ethyl adjacent to an activating group) is 1. The van der Waals surface area contributed by atoms with Gasteiger partial charge in [-0.15, -0.1) is 0 Å². The number of anilines is 1. The Morgan fingerprint density at radius 2 is 1.85 bits per heavy atom. The highest BCUT2D eigenvalue weighted by molar-refractivity contribution is 6.34. The minimum atomic E-state index is -0.282. The summed E-state index contributed by atoms with van der Waals surface area (Å²) in [5.41, 5.74) is 1.41. The van der Waals surface area contributed by atoms with Gasteiger partial charge in [-0.3, -0.25) is 9.69 Å². The second-order valence-corrected chi connectivity index (χ2v) is 6.93. The Bertz CT molecular complexity index is 814. The van der Waals surface area contributed by atoms with E-state index in [0.29, 0.717) is 35.4 Å².